The molecule has 0 aromatic carbocycles. The molecular weight excluding hydrogens is 158 g/mol. The van der Waals surface area contributed by atoms with Crippen LogP contribution in [-0.4, -0.2) is 30.9 Å². The normalized spacial score (nSPS) is 12.9. The molecule has 0 rings (SSSR count). The van der Waals surface area contributed by atoms with Crippen LogP contribution in [0, 0.1) is 0 Å². The Kier molecular flexibility index (Phi) is 4.76. The Bertz CT molecular complexity index is 214. The highest BCUT2D eigenvalue weighted by atomic mass is 16.5. The third kappa shape index (κ3) is 3.18. The SMILES string of the molecule is CCOC(=O)/C(C=NC)=C(/C)O. The van der Waals surface area contributed by atoms with Gasteiger partial charge in [0.25, 0.3) is 0 Å². The number of hydrogen-bond acceptors (Lipinski definition) is 4. The van der Waals surface area contributed by atoms with Crippen LogP contribution >= 0.6 is 0 Å². The van der Waals surface area contributed by atoms with Gasteiger partial charge in [0.2, 0.25) is 0 Å². The van der Waals surface area contributed by atoms with Gasteiger partial charge in [-0.05, 0) is 13.8 Å². The van der Waals surface area contributed by atoms with Gasteiger partial charge in [-0.1, -0.05) is 0 Å². The first kappa shape index (κ1) is 10.7. The quantitative estimate of drug-likeness (QED) is 0.299. The molecule has 0 heterocycles. The van der Waals surface area contributed by atoms with Crippen LogP contribution in [0.3, 0.4) is 0 Å². The third-order valence-electron chi connectivity index (χ3n) is 1.14. The summed E-state index contributed by atoms with van der Waals surface area (Å²) >= 11 is 0. The average molecular weight is 171 g/mol. The Morgan fingerprint density at radius 2 is 2.25 bits per heavy atom. The topological polar surface area (TPSA) is 58.9 Å². The number of allylic oxidation sites excluding steroid dienone is 1. The van der Waals surface area contributed by atoms with Crippen molar-refractivity contribution in [1.29, 1.82) is 0 Å². The molecule has 0 unspecified atom stereocenters. The molecule has 0 spiro atoms. The van der Waals surface area contributed by atoms with Crippen LogP contribution in [0.25, 0.3) is 0 Å². The summed E-state index contributed by atoms with van der Waals surface area (Å²) in [6, 6.07) is 0. The Balaban J connectivity index is 4.54. The molecule has 0 aliphatic carbocycles. The van der Waals surface area contributed by atoms with Gasteiger partial charge in [-0.25, -0.2) is 4.79 Å². The molecule has 0 aromatic rings. The Labute approximate surface area is 71.6 Å². The van der Waals surface area contributed by atoms with E-state index in [1.807, 2.05) is 0 Å². The standard InChI is InChI=1S/C8H13NO3/c1-4-12-8(11)7(5-9-3)6(2)10/h5,10H,4H2,1-3H3/b7-6-,9-5?. The molecule has 0 radical (unpaired) electrons. The van der Waals surface area contributed by atoms with E-state index in [-0.39, 0.29) is 17.9 Å². The van der Waals surface area contributed by atoms with Crippen molar-refractivity contribution < 1.29 is 14.6 Å². The summed E-state index contributed by atoms with van der Waals surface area (Å²) in [4.78, 5) is 14.7. The Morgan fingerprint density at radius 3 is 2.58 bits per heavy atom. The van der Waals surface area contributed by atoms with Gasteiger partial charge in [0.1, 0.15) is 11.3 Å². The zero-order chi connectivity index (χ0) is 9.56. The molecule has 0 aliphatic rings. The molecule has 68 valence electrons. The lowest BCUT2D eigenvalue weighted by Gasteiger charge is -2.01. The van der Waals surface area contributed by atoms with Gasteiger partial charge in [0, 0.05) is 13.3 Å². The largest absolute Gasteiger partial charge is 0.512 e. The monoisotopic (exact) mass is 171 g/mol. The fourth-order valence-corrected chi connectivity index (χ4v) is 0.632. The van der Waals surface area contributed by atoms with Crippen LogP contribution in [0.4, 0.5) is 0 Å². The van der Waals surface area contributed by atoms with Gasteiger partial charge in [-0.3, -0.25) is 4.99 Å². The van der Waals surface area contributed by atoms with Crippen LogP contribution < -0.4 is 0 Å². The summed E-state index contributed by atoms with van der Waals surface area (Å²) in [7, 11) is 1.52. The van der Waals surface area contributed by atoms with E-state index in [0.717, 1.165) is 0 Å². The second-order valence-corrected chi connectivity index (χ2v) is 2.11. The second kappa shape index (κ2) is 5.35. The molecule has 0 atom stereocenters. The first-order valence-corrected chi connectivity index (χ1v) is 3.62. The lowest BCUT2D eigenvalue weighted by atomic mass is 10.2. The van der Waals surface area contributed by atoms with E-state index in [1.54, 1.807) is 6.92 Å². The number of aliphatic hydroxyl groups excluding tert-OH is 1. The molecule has 1 N–H and O–H groups in total. The molecule has 4 nitrogen and oxygen atoms in total. The second-order valence-electron chi connectivity index (χ2n) is 2.11. The van der Waals surface area contributed by atoms with Gasteiger partial charge >= 0.3 is 5.97 Å². The van der Waals surface area contributed by atoms with Crippen LogP contribution in [0.15, 0.2) is 16.3 Å². The molecule has 0 saturated heterocycles. The lowest BCUT2D eigenvalue weighted by Crippen LogP contribution is -2.10. The fourth-order valence-electron chi connectivity index (χ4n) is 0.632. The van der Waals surface area contributed by atoms with Crippen LogP contribution in [0.2, 0.25) is 0 Å². The van der Waals surface area contributed by atoms with E-state index in [2.05, 4.69) is 9.73 Å². The minimum Gasteiger partial charge on any atom is -0.512 e. The predicted molar refractivity (Wildman–Crippen MR) is 46.4 cm³/mol. The van der Waals surface area contributed by atoms with Crippen molar-refractivity contribution in [2.24, 2.45) is 4.99 Å². The van der Waals surface area contributed by atoms with Crippen molar-refractivity contribution in [3.8, 4) is 0 Å². The summed E-state index contributed by atoms with van der Waals surface area (Å²) in [5.41, 5.74) is 0.0966. The minimum atomic E-state index is -0.553. The Morgan fingerprint density at radius 1 is 1.67 bits per heavy atom. The van der Waals surface area contributed by atoms with Crippen molar-refractivity contribution in [3.63, 3.8) is 0 Å². The molecule has 12 heavy (non-hydrogen) atoms. The number of carbonyl (C=O) groups is 1. The maximum absolute atomic E-state index is 11.0. The minimum absolute atomic E-state index is 0.0842. The van der Waals surface area contributed by atoms with E-state index in [1.165, 1.54) is 20.2 Å². The maximum Gasteiger partial charge on any atom is 0.343 e. The number of aliphatic imine (C=N–C) groups is 1. The first-order chi connectivity index (χ1) is 5.63. The van der Waals surface area contributed by atoms with Crippen LogP contribution in [-0.2, 0) is 9.53 Å². The molecule has 0 saturated carbocycles. The number of esters is 1. The lowest BCUT2D eigenvalue weighted by molar-refractivity contribution is -0.138. The van der Waals surface area contributed by atoms with Crippen molar-refractivity contribution in [1.82, 2.24) is 0 Å². The van der Waals surface area contributed by atoms with Crippen LogP contribution in [0.1, 0.15) is 13.8 Å². The highest BCUT2D eigenvalue weighted by Gasteiger charge is 2.10. The van der Waals surface area contributed by atoms with E-state index in [0.29, 0.717) is 0 Å². The smallest absolute Gasteiger partial charge is 0.343 e. The highest BCUT2D eigenvalue weighted by Crippen LogP contribution is 2.00. The highest BCUT2D eigenvalue weighted by molar-refractivity contribution is 6.09. The molecule has 0 fully saturated rings. The van der Waals surface area contributed by atoms with Gasteiger partial charge in [0.05, 0.1) is 6.61 Å². The number of aliphatic hydroxyl groups is 1. The van der Waals surface area contributed by atoms with Crippen molar-refractivity contribution in [2.45, 2.75) is 13.8 Å². The Hall–Kier alpha value is -1.32. The number of nitrogens with zero attached hydrogens (tertiary/aromatic N) is 1. The molecule has 0 aliphatic heterocycles. The van der Waals surface area contributed by atoms with E-state index in [4.69, 9.17) is 5.11 Å². The van der Waals surface area contributed by atoms with Gasteiger partial charge < -0.3 is 9.84 Å². The molecule has 0 aromatic heterocycles. The van der Waals surface area contributed by atoms with E-state index in [9.17, 15) is 4.79 Å². The molecule has 4 heteroatoms. The van der Waals surface area contributed by atoms with Gasteiger partial charge in [0.15, 0.2) is 0 Å². The summed E-state index contributed by atoms with van der Waals surface area (Å²) in [5, 5.41) is 9.03. The summed E-state index contributed by atoms with van der Waals surface area (Å²) < 4.78 is 4.67. The zero-order valence-corrected chi connectivity index (χ0v) is 7.50. The number of hydrogen-bond donors (Lipinski definition) is 1. The molecule has 0 amide bonds. The van der Waals surface area contributed by atoms with Gasteiger partial charge in [-0.15, -0.1) is 0 Å². The molecule has 0 bridgehead atoms. The van der Waals surface area contributed by atoms with Crippen molar-refractivity contribution in [3.05, 3.63) is 11.3 Å². The van der Waals surface area contributed by atoms with E-state index >= 15 is 0 Å². The summed E-state index contributed by atoms with van der Waals surface area (Å²) in [6.07, 6.45) is 1.27. The van der Waals surface area contributed by atoms with Crippen molar-refractivity contribution >= 4 is 12.2 Å². The average Bonchev–Trinajstić information content (AvgIpc) is 1.99. The summed E-state index contributed by atoms with van der Waals surface area (Å²) in [6.45, 7) is 3.40. The maximum atomic E-state index is 11.0. The van der Waals surface area contributed by atoms with Crippen molar-refractivity contribution in [2.75, 3.05) is 13.7 Å². The number of rotatable bonds is 3. The molecular formula is C8H13NO3. The number of ether oxygens (including phenoxy) is 1. The third-order valence-corrected chi connectivity index (χ3v) is 1.14. The predicted octanol–water partition coefficient (Wildman–Crippen LogP) is 1.08. The van der Waals surface area contributed by atoms with Gasteiger partial charge in [-0.2, -0.15) is 0 Å². The fraction of sp³-hybridized carbons (Fsp3) is 0.500. The van der Waals surface area contributed by atoms with Crippen LogP contribution in [0.5, 0.6) is 0 Å². The zero-order valence-electron chi connectivity index (χ0n) is 7.50. The number of carbonyl (C=O) groups excluding carboxylic acids is 1. The first-order valence-electron chi connectivity index (χ1n) is 3.62. The summed E-state index contributed by atoms with van der Waals surface area (Å²) in [5.74, 6) is -0.637. The van der Waals surface area contributed by atoms with E-state index < -0.39 is 5.97 Å².